The number of aromatic nitrogens is 4. The lowest BCUT2D eigenvalue weighted by Gasteiger charge is -2.22. The van der Waals surface area contributed by atoms with Gasteiger partial charge in [-0.05, 0) is 69.3 Å². The molecule has 1 aliphatic carbocycles. The number of benzene rings is 1. The Morgan fingerprint density at radius 2 is 1.94 bits per heavy atom. The number of hydrogen-bond acceptors (Lipinski definition) is 7. The number of aryl methyl sites for hydroxylation is 1. The smallest absolute Gasteiger partial charge is 0.252 e. The second-order valence-electron chi connectivity index (χ2n) is 9.04. The van der Waals surface area contributed by atoms with Crippen molar-refractivity contribution in [1.29, 1.82) is 5.26 Å². The van der Waals surface area contributed by atoms with Crippen molar-refractivity contribution in [2.45, 2.75) is 44.7 Å². The molecule has 2 aliphatic rings. The lowest BCUT2D eigenvalue weighted by molar-refractivity contribution is 0.0942. The molecule has 1 atom stereocenters. The molecule has 0 unspecified atom stereocenters. The first-order valence-electron chi connectivity index (χ1n) is 11.8. The summed E-state index contributed by atoms with van der Waals surface area (Å²) in [6.45, 7) is 3.98. The molecule has 2 fully saturated rings. The van der Waals surface area contributed by atoms with Gasteiger partial charge in [0.15, 0.2) is 0 Å². The molecule has 174 valence electrons. The Balaban J connectivity index is 1.28. The van der Waals surface area contributed by atoms with Crippen LogP contribution in [-0.2, 0) is 0 Å². The van der Waals surface area contributed by atoms with Crippen LogP contribution in [0.25, 0.3) is 11.3 Å². The Bertz CT molecular complexity index is 1200. The van der Waals surface area contributed by atoms with Crippen LogP contribution in [0.15, 0.2) is 42.9 Å². The van der Waals surface area contributed by atoms with E-state index in [1.807, 2.05) is 29.9 Å². The molecule has 9 nitrogen and oxygen atoms in total. The molecule has 1 saturated heterocycles. The SMILES string of the molecule is Cc1cnc(Nc2cnn(C3CCNCC3)c2)nc1-c1ccc(C(=O)N[C@H](C#N)C2CC2)cc1. The van der Waals surface area contributed by atoms with E-state index in [1.165, 1.54) is 0 Å². The first-order chi connectivity index (χ1) is 16.6. The van der Waals surface area contributed by atoms with Gasteiger partial charge < -0.3 is 16.0 Å². The summed E-state index contributed by atoms with van der Waals surface area (Å²) in [5, 5.41) is 23.2. The van der Waals surface area contributed by atoms with Gasteiger partial charge in [0.25, 0.3) is 5.91 Å². The second kappa shape index (κ2) is 9.61. The van der Waals surface area contributed by atoms with E-state index in [4.69, 9.17) is 4.98 Å². The summed E-state index contributed by atoms with van der Waals surface area (Å²) in [5.74, 6) is 0.556. The average Bonchev–Trinajstić information content (AvgIpc) is 3.62. The maximum absolute atomic E-state index is 12.5. The highest BCUT2D eigenvalue weighted by atomic mass is 16.1. The van der Waals surface area contributed by atoms with Crippen molar-refractivity contribution in [2.75, 3.05) is 18.4 Å². The number of nitrogens with one attached hydrogen (secondary N) is 3. The van der Waals surface area contributed by atoms with Crippen molar-refractivity contribution in [3.8, 4) is 17.3 Å². The standard InChI is InChI=1S/C25H28N8O/c1-16-13-28-25(30-20-14-29-33(15-20)21-8-10-27-11-9-21)32-23(16)18-4-6-19(7-5-18)24(34)31-22(12-26)17-2-3-17/h4-7,13-15,17,21-22,27H,2-3,8-11H2,1H3,(H,31,34)(H,28,30,32)/t22-/m1/s1. The van der Waals surface area contributed by atoms with Gasteiger partial charge in [0.1, 0.15) is 6.04 Å². The number of nitriles is 1. The fourth-order valence-electron chi connectivity index (χ4n) is 4.29. The Hall–Kier alpha value is -3.77. The predicted octanol–water partition coefficient (Wildman–Crippen LogP) is 3.35. The first-order valence-corrected chi connectivity index (χ1v) is 11.8. The number of carbonyl (C=O) groups is 1. The van der Waals surface area contributed by atoms with Gasteiger partial charge in [-0.25, -0.2) is 9.97 Å². The zero-order valence-electron chi connectivity index (χ0n) is 19.2. The van der Waals surface area contributed by atoms with Crippen LogP contribution in [0.4, 0.5) is 11.6 Å². The molecule has 1 aliphatic heterocycles. The summed E-state index contributed by atoms with van der Waals surface area (Å²) >= 11 is 0. The third-order valence-electron chi connectivity index (χ3n) is 6.45. The van der Waals surface area contributed by atoms with E-state index in [2.05, 4.69) is 32.1 Å². The zero-order valence-corrected chi connectivity index (χ0v) is 19.2. The van der Waals surface area contributed by atoms with E-state index < -0.39 is 6.04 Å². The fourth-order valence-corrected chi connectivity index (χ4v) is 4.29. The molecule has 5 rings (SSSR count). The largest absolute Gasteiger partial charge is 0.336 e. The molecule has 34 heavy (non-hydrogen) atoms. The number of hydrogen-bond donors (Lipinski definition) is 3. The van der Waals surface area contributed by atoms with Gasteiger partial charge in [0.05, 0.1) is 29.7 Å². The van der Waals surface area contributed by atoms with Gasteiger partial charge >= 0.3 is 0 Å². The molecule has 1 amide bonds. The molecular weight excluding hydrogens is 428 g/mol. The Morgan fingerprint density at radius 3 is 2.65 bits per heavy atom. The number of piperidine rings is 1. The molecule has 0 bridgehead atoms. The van der Waals surface area contributed by atoms with Crippen LogP contribution in [0, 0.1) is 24.2 Å². The molecule has 1 saturated carbocycles. The molecule has 3 aromatic rings. The summed E-state index contributed by atoms with van der Waals surface area (Å²) in [4.78, 5) is 21.7. The molecule has 0 spiro atoms. The van der Waals surface area contributed by atoms with Crippen LogP contribution < -0.4 is 16.0 Å². The number of amides is 1. The lowest BCUT2D eigenvalue weighted by Crippen LogP contribution is -2.35. The van der Waals surface area contributed by atoms with Crippen molar-refractivity contribution >= 4 is 17.5 Å². The van der Waals surface area contributed by atoms with Crippen LogP contribution >= 0.6 is 0 Å². The first kappa shape index (κ1) is 22.0. The highest BCUT2D eigenvalue weighted by molar-refractivity contribution is 5.95. The van der Waals surface area contributed by atoms with E-state index in [0.717, 1.165) is 61.3 Å². The van der Waals surface area contributed by atoms with Gasteiger partial charge in [-0.1, -0.05) is 12.1 Å². The molecule has 3 heterocycles. The summed E-state index contributed by atoms with van der Waals surface area (Å²) in [6, 6.07) is 9.48. The topological polar surface area (TPSA) is 121 Å². The highest BCUT2D eigenvalue weighted by Crippen LogP contribution is 2.32. The van der Waals surface area contributed by atoms with Crippen LogP contribution in [0.1, 0.15) is 47.6 Å². The molecule has 9 heteroatoms. The van der Waals surface area contributed by atoms with Crippen molar-refractivity contribution in [3.05, 3.63) is 54.0 Å². The molecule has 2 aromatic heterocycles. The third-order valence-corrected chi connectivity index (χ3v) is 6.45. The number of rotatable bonds is 7. The Kier molecular flexibility index (Phi) is 6.23. The number of nitrogens with zero attached hydrogens (tertiary/aromatic N) is 5. The van der Waals surface area contributed by atoms with E-state index in [0.29, 0.717) is 17.6 Å². The molecule has 0 radical (unpaired) electrons. The maximum Gasteiger partial charge on any atom is 0.252 e. The second-order valence-corrected chi connectivity index (χ2v) is 9.04. The van der Waals surface area contributed by atoms with E-state index in [9.17, 15) is 10.1 Å². The van der Waals surface area contributed by atoms with Crippen molar-refractivity contribution in [2.24, 2.45) is 5.92 Å². The quantitative estimate of drug-likeness (QED) is 0.499. The molecule has 3 N–H and O–H groups in total. The van der Waals surface area contributed by atoms with Gasteiger partial charge in [0, 0.05) is 23.5 Å². The monoisotopic (exact) mass is 456 g/mol. The van der Waals surface area contributed by atoms with E-state index in [-0.39, 0.29) is 11.8 Å². The van der Waals surface area contributed by atoms with Gasteiger partial charge in [-0.3, -0.25) is 9.48 Å². The van der Waals surface area contributed by atoms with E-state index in [1.54, 1.807) is 24.5 Å². The van der Waals surface area contributed by atoms with Gasteiger partial charge in [0.2, 0.25) is 5.95 Å². The average molecular weight is 457 g/mol. The molecular formula is C25H28N8O. The summed E-state index contributed by atoms with van der Waals surface area (Å²) in [7, 11) is 0. The summed E-state index contributed by atoms with van der Waals surface area (Å²) in [5.41, 5.74) is 4.00. The number of anilines is 2. The lowest BCUT2D eigenvalue weighted by atomic mass is 10.1. The predicted molar refractivity (Wildman–Crippen MR) is 128 cm³/mol. The minimum absolute atomic E-state index is 0.225. The van der Waals surface area contributed by atoms with Crippen LogP contribution in [0.3, 0.4) is 0 Å². The number of carbonyl (C=O) groups excluding carboxylic acids is 1. The minimum atomic E-state index is -0.413. The van der Waals surface area contributed by atoms with Crippen LogP contribution in [0.2, 0.25) is 0 Å². The highest BCUT2D eigenvalue weighted by Gasteiger charge is 2.32. The normalized spacial score (nSPS) is 17.1. The Labute approximate surface area is 198 Å². The zero-order chi connectivity index (χ0) is 23.5. The molecule has 1 aromatic carbocycles. The van der Waals surface area contributed by atoms with Gasteiger partial charge in [-0.2, -0.15) is 10.4 Å². The maximum atomic E-state index is 12.5. The van der Waals surface area contributed by atoms with Crippen LogP contribution in [-0.4, -0.2) is 44.8 Å². The Morgan fingerprint density at radius 1 is 1.18 bits per heavy atom. The third kappa shape index (κ3) is 4.92. The van der Waals surface area contributed by atoms with E-state index >= 15 is 0 Å². The minimum Gasteiger partial charge on any atom is -0.336 e. The fraction of sp³-hybridized carbons (Fsp3) is 0.400. The van der Waals surface area contributed by atoms with Crippen molar-refractivity contribution < 1.29 is 4.79 Å². The summed E-state index contributed by atoms with van der Waals surface area (Å²) < 4.78 is 2.02. The van der Waals surface area contributed by atoms with Crippen molar-refractivity contribution in [1.82, 2.24) is 30.4 Å². The van der Waals surface area contributed by atoms with Gasteiger partial charge in [-0.15, -0.1) is 0 Å². The van der Waals surface area contributed by atoms with Crippen LogP contribution in [0.5, 0.6) is 0 Å². The van der Waals surface area contributed by atoms with Crippen molar-refractivity contribution in [3.63, 3.8) is 0 Å². The summed E-state index contributed by atoms with van der Waals surface area (Å²) in [6.07, 6.45) is 9.72.